The van der Waals surface area contributed by atoms with Crippen molar-refractivity contribution in [3.8, 4) is 0 Å². The molecule has 3 aromatic rings. The first-order chi connectivity index (χ1) is 15.3. The maximum absolute atomic E-state index is 13.5. The van der Waals surface area contributed by atoms with E-state index >= 15 is 0 Å². The zero-order valence-electron chi connectivity index (χ0n) is 18.1. The Morgan fingerprint density at radius 2 is 1.38 bits per heavy atom. The third kappa shape index (κ3) is 4.16. The molecule has 1 heterocycles. The van der Waals surface area contributed by atoms with Crippen molar-refractivity contribution in [2.24, 2.45) is 0 Å². The fraction of sp³-hybridized carbons (Fsp3) is 0.115. The van der Waals surface area contributed by atoms with Crippen LogP contribution in [0.4, 0.5) is 17.1 Å². The van der Waals surface area contributed by atoms with E-state index in [-0.39, 0.29) is 17.5 Å². The molecule has 32 heavy (non-hydrogen) atoms. The number of benzene rings is 3. The molecule has 3 aromatic carbocycles. The maximum atomic E-state index is 13.5. The SMILES string of the molecule is CC(=O)Nc1ccc(NC2=C(c3ccccc3)C(=O)N(c3cc(C)cc(C)c3)C2=O)cc1. The maximum Gasteiger partial charge on any atom is 0.282 e. The average molecular weight is 425 g/mol. The molecule has 1 aliphatic rings. The van der Waals surface area contributed by atoms with E-state index in [2.05, 4.69) is 10.6 Å². The van der Waals surface area contributed by atoms with Gasteiger partial charge in [-0.25, -0.2) is 4.90 Å². The average Bonchev–Trinajstić information content (AvgIpc) is 2.98. The highest BCUT2D eigenvalue weighted by Crippen LogP contribution is 2.34. The first-order valence-corrected chi connectivity index (χ1v) is 10.2. The van der Waals surface area contributed by atoms with Gasteiger partial charge >= 0.3 is 0 Å². The lowest BCUT2D eigenvalue weighted by Crippen LogP contribution is -2.32. The molecule has 0 fully saturated rings. The van der Waals surface area contributed by atoms with E-state index in [1.165, 1.54) is 11.8 Å². The van der Waals surface area contributed by atoms with E-state index in [1.807, 2.05) is 62.4 Å². The van der Waals surface area contributed by atoms with Crippen LogP contribution in [0.25, 0.3) is 5.57 Å². The third-order valence-electron chi connectivity index (χ3n) is 5.09. The van der Waals surface area contributed by atoms with Crippen LogP contribution in [0.3, 0.4) is 0 Å². The normalized spacial score (nSPS) is 13.5. The lowest BCUT2D eigenvalue weighted by atomic mass is 10.0. The minimum atomic E-state index is -0.412. The fourth-order valence-corrected chi connectivity index (χ4v) is 3.82. The van der Waals surface area contributed by atoms with Crippen molar-refractivity contribution in [2.45, 2.75) is 20.8 Å². The summed E-state index contributed by atoms with van der Waals surface area (Å²) >= 11 is 0. The quantitative estimate of drug-likeness (QED) is 0.583. The predicted molar refractivity (Wildman–Crippen MR) is 126 cm³/mol. The number of nitrogens with zero attached hydrogens (tertiary/aromatic N) is 1. The highest BCUT2D eigenvalue weighted by molar-refractivity contribution is 6.46. The van der Waals surface area contributed by atoms with Gasteiger partial charge in [-0.2, -0.15) is 0 Å². The summed E-state index contributed by atoms with van der Waals surface area (Å²) in [6.07, 6.45) is 0. The molecule has 6 heteroatoms. The number of carbonyl (C=O) groups is 3. The zero-order chi connectivity index (χ0) is 22.8. The smallest absolute Gasteiger partial charge is 0.282 e. The van der Waals surface area contributed by atoms with Crippen LogP contribution in [0.2, 0.25) is 0 Å². The summed E-state index contributed by atoms with van der Waals surface area (Å²) in [6, 6.07) is 21.8. The second-order valence-electron chi connectivity index (χ2n) is 7.79. The van der Waals surface area contributed by atoms with Crippen LogP contribution in [0.15, 0.2) is 78.5 Å². The van der Waals surface area contributed by atoms with Crippen molar-refractivity contribution in [3.63, 3.8) is 0 Å². The number of carbonyl (C=O) groups excluding carboxylic acids is 3. The molecule has 6 nitrogen and oxygen atoms in total. The van der Waals surface area contributed by atoms with Gasteiger partial charge < -0.3 is 10.6 Å². The molecule has 0 aromatic heterocycles. The van der Waals surface area contributed by atoms with Gasteiger partial charge in [0, 0.05) is 18.3 Å². The molecule has 2 N–H and O–H groups in total. The van der Waals surface area contributed by atoms with Crippen LogP contribution in [0, 0.1) is 13.8 Å². The zero-order valence-corrected chi connectivity index (χ0v) is 18.1. The van der Waals surface area contributed by atoms with Crippen LogP contribution in [-0.2, 0) is 14.4 Å². The topological polar surface area (TPSA) is 78.5 Å². The Labute approximate surface area is 186 Å². The van der Waals surface area contributed by atoms with E-state index < -0.39 is 5.91 Å². The number of imide groups is 1. The van der Waals surface area contributed by atoms with E-state index in [0.29, 0.717) is 28.2 Å². The van der Waals surface area contributed by atoms with Gasteiger partial charge in [0.25, 0.3) is 11.8 Å². The summed E-state index contributed by atoms with van der Waals surface area (Å²) in [7, 11) is 0. The lowest BCUT2D eigenvalue weighted by molar-refractivity contribution is -0.120. The number of amides is 3. The molecule has 0 radical (unpaired) electrons. The molecular formula is C26H23N3O3. The standard InChI is InChI=1S/C26H23N3O3/c1-16-13-17(2)15-22(14-16)29-25(31)23(19-7-5-4-6-8-19)24(26(29)32)28-21-11-9-20(10-12-21)27-18(3)30/h4-15,28H,1-3H3,(H,27,30). The Kier molecular flexibility index (Phi) is 5.60. The molecule has 160 valence electrons. The number of aryl methyl sites for hydroxylation is 2. The Hall–Kier alpha value is -4.19. The fourth-order valence-electron chi connectivity index (χ4n) is 3.82. The van der Waals surface area contributed by atoms with Crippen molar-refractivity contribution in [1.82, 2.24) is 0 Å². The van der Waals surface area contributed by atoms with Gasteiger partial charge in [-0.05, 0) is 66.9 Å². The molecule has 4 rings (SSSR count). The molecule has 0 spiro atoms. The van der Waals surface area contributed by atoms with Crippen LogP contribution in [-0.4, -0.2) is 17.7 Å². The van der Waals surface area contributed by atoms with Crippen LogP contribution in [0.1, 0.15) is 23.6 Å². The van der Waals surface area contributed by atoms with E-state index in [1.54, 1.807) is 24.3 Å². The molecule has 0 unspecified atom stereocenters. The Bertz CT molecular complexity index is 1220. The summed E-state index contributed by atoms with van der Waals surface area (Å²) in [6.45, 7) is 5.30. The number of rotatable bonds is 5. The summed E-state index contributed by atoms with van der Waals surface area (Å²) < 4.78 is 0. The van der Waals surface area contributed by atoms with Crippen molar-refractivity contribution in [2.75, 3.05) is 15.5 Å². The highest BCUT2D eigenvalue weighted by atomic mass is 16.2. The van der Waals surface area contributed by atoms with Gasteiger partial charge in [-0.15, -0.1) is 0 Å². The van der Waals surface area contributed by atoms with Gasteiger partial charge in [0.15, 0.2) is 0 Å². The van der Waals surface area contributed by atoms with Gasteiger partial charge in [0.1, 0.15) is 5.70 Å². The Balaban J connectivity index is 1.75. The van der Waals surface area contributed by atoms with Crippen LogP contribution in [0.5, 0.6) is 0 Å². The molecule has 1 aliphatic heterocycles. The lowest BCUT2D eigenvalue weighted by Gasteiger charge is -2.17. The highest BCUT2D eigenvalue weighted by Gasteiger charge is 2.40. The van der Waals surface area contributed by atoms with Gasteiger partial charge in [-0.3, -0.25) is 14.4 Å². The number of anilines is 3. The van der Waals surface area contributed by atoms with Crippen molar-refractivity contribution >= 4 is 40.4 Å². The second-order valence-corrected chi connectivity index (χ2v) is 7.79. The van der Waals surface area contributed by atoms with E-state index in [0.717, 1.165) is 11.1 Å². The summed E-state index contributed by atoms with van der Waals surface area (Å²) in [5.41, 5.74) is 4.96. The summed E-state index contributed by atoms with van der Waals surface area (Å²) in [5, 5.41) is 5.84. The Morgan fingerprint density at radius 3 is 1.97 bits per heavy atom. The van der Waals surface area contributed by atoms with Crippen LogP contribution < -0.4 is 15.5 Å². The molecule has 0 saturated heterocycles. The van der Waals surface area contributed by atoms with Crippen LogP contribution >= 0.6 is 0 Å². The van der Waals surface area contributed by atoms with E-state index in [4.69, 9.17) is 0 Å². The third-order valence-corrected chi connectivity index (χ3v) is 5.09. The minimum absolute atomic E-state index is 0.166. The Morgan fingerprint density at radius 1 is 0.781 bits per heavy atom. The second kappa shape index (κ2) is 8.51. The molecular weight excluding hydrogens is 402 g/mol. The molecule has 0 aliphatic carbocycles. The molecule has 3 amide bonds. The predicted octanol–water partition coefficient (Wildman–Crippen LogP) is 4.66. The summed E-state index contributed by atoms with van der Waals surface area (Å²) in [5.74, 6) is -0.950. The molecule has 0 atom stereocenters. The molecule has 0 bridgehead atoms. The summed E-state index contributed by atoms with van der Waals surface area (Å²) in [4.78, 5) is 39.4. The first kappa shape index (κ1) is 21.1. The minimum Gasteiger partial charge on any atom is -0.350 e. The largest absolute Gasteiger partial charge is 0.350 e. The monoisotopic (exact) mass is 425 g/mol. The van der Waals surface area contributed by atoms with Gasteiger partial charge in [0.2, 0.25) is 5.91 Å². The number of hydrogen-bond donors (Lipinski definition) is 2. The van der Waals surface area contributed by atoms with Crippen molar-refractivity contribution < 1.29 is 14.4 Å². The first-order valence-electron chi connectivity index (χ1n) is 10.2. The number of hydrogen-bond acceptors (Lipinski definition) is 4. The number of nitrogens with one attached hydrogen (secondary N) is 2. The van der Waals surface area contributed by atoms with Crippen molar-refractivity contribution in [1.29, 1.82) is 0 Å². The molecule has 0 saturated carbocycles. The van der Waals surface area contributed by atoms with Gasteiger partial charge in [0.05, 0.1) is 11.3 Å². The van der Waals surface area contributed by atoms with E-state index in [9.17, 15) is 14.4 Å². The van der Waals surface area contributed by atoms with Crippen molar-refractivity contribution in [3.05, 3.63) is 95.2 Å². The van der Waals surface area contributed by atoms with Gasteiger partial charge in [-0.1, -0.05) is 36.4 Å².